The first kappa shape index (κ1) is 33.9. The quantitative estimate of drug-likeness (QED) is 0.159. The normalized spacial score (nSPS) is 11.9. The van der Waals surface area contributed by atoms with Gasteiger partial charge in [0.1, 0.15) is 5.82 Å². The van der Waals surface area contributed by atoms with Crippen molar-refractivity contribution in [1.29, 1.82) is 0 Å². The predicted molar refractivity (Wildman–Crippen MR) is 257 cm³/mol. The Bertz CT molecular complexity index is 3640. The van der Waals surface area contributed by atoms with E-state index >= 15 is 0 Å². The van der Waals surface area contributed by atoms with Gasteiger partial charge < -0.3 is 0 Å². The van der Waals surface area contributed by atoms with Gasteiger partial charge in [-0.1, -0.05) is 206 Å². The van der Waals surface area contributed by atoms with Gasteiger partial charge in [0.25, 0.3) is 0 Å². The lowest BCUT2D eigenvalue weighted by atomic mass is 9.82. The van der Waals surface area contributed by atoms with E-state index in [0.717, 1.165) is 33.5 Å². The third-order valence-corrected chi connectivity index (χ3v) is 12.9. The molecule has 12 aromatic rings. The van der Waals surface area contributed by atoms with Crippen LogP contribution in [0.3, 0.4) is 0 Å². The van der Waals surface area contributed by atoms with Gasteiger partial charge in [0.05, 0.1) is 11.0 Å². The highest BCUT2D eigenvalue weighted by Gasteiger charge is 2.31. The first-order chi connectivity index (χ1) is 30.3. The molecule has 11 aromatic carbocycles. The number of nitrogens with zero attached hydrogens (tertiary/aromatic N) is 2. The maximum absolute atomic E-state index is 5.50. The number of rotatable bonds is 5. The Morgan fingerprint density at radius 3 is 1.39 bits per heavy atom. The van der Waals surface area contributed by atoms with Crippen LogP contribution in [0.5, 0.6) is 0 Å². The van der Waals surface area contributed by atoms with Crippen LogP contribution in [0.15, 0.2) is 218 Å². The summed E-state index contributed by atoms with van der Waals surface area (Å²) in [4.78, 5) is 5.50. The summed E-state index contributed by atoms with van der Waals surface area (Å²) in [5, 5.41) is 9.89. The zero-order valence-electron chi connectivity index (χ0n) is 33.2. The van der Waals surface area contributed by atoms with Gasteiger partial charge in [0.2, 0.25) is 0 Å². The van der Waals surface area contributed by atoms with Crippen LogP contribution in [0.4, 0.5) is 0 Å². The zero-order valence-corrected chi connectivity index (χ0v) is 33.2. The van der Waals surface area contributed by atoms with E-state index < -0.39 is 0 Å². The molecule has 0 saturated carbocycles. The van der Waals surface area contributed by atoms with E-state index in [-0.39, 0.29) is 0 Å². The molecule has 0 unspecified atom stereocenters. The molecule has 61 heavy (non-hydrogen) atoms. The highest BCUT2D eigenvalue weighted by molar-refractivity contribution is 6.29. The zero-order chi connectivity index (χ0) is 40.0. The van der Waals surface area contributed by atoms with Gasteiger partial charge >= 0.3 is 0 Å². The third kappa shape index (κ3) is 4.94. The topological polar surface area (TPSA) is 17.8 Å². The van der Waals surface area contributed by atoms with Gasteiger partial charge in [-0.3, -0.25) is 4.57 Å². The van der Waals surface area contributed by atoms with Crippen LogP contribution in [0.1, 0.15) is 0 Å². The number of imidazole rings is 1. The van der Waals surface area contributed by atoms with E-state index in [1.54, 1.807) is 0 Å². The first-order valence-corrected chi connectivity index (χ1v) is 21.1. The molecule has 0 amide bonds. The first-order valence-electron chi connectivity index (χ1n) is 21.1. The molecule has 0 aliphatic heterocycles. The van der Waals surface area contributed by atoms with Gasteiger partial charge in [0, 0.05) is 22.0 Å². The van der Waals surface area contributed by atoms with Crippen LogP contribution in [0.25, 0.3) is 127 Å². The molecular weight excluding hydrogens is 737 g/mol. The minimum Gasteiger partial charge on any atom is -0.292 e. The lowest BCUT2D eigenvalue weighted by molar-refractivity contribution is 1.11. The summed E-state index contributed by atoms with van der Waals surface area (Å²) >= 11 is 0. The molecule has 0 N–H and O–H groups in total. The minimum atomic E-state index is 0.930. The fourth-order valence-corrected chi connectivity index (χ4v) is 10.4. The van der Waals surface area contributed by atoms with Crippen LogP contribution >= 0.6 is 0 Å². The number of hydrogen-bond acceptors (Lipinski definition) is 1. The van der Waals surface area contributed by atoms with E-state index in [1.165, 1.54) is 93.3 Å². The van der Waals surface area contributed by atoms with Crippen LogP contribution in [0.2, 0.25) is 0 Å². The standard InChI is InChI=1S/C59H36N2/c1-4-18-37(19-5-1)52-46-28-12-13-29-47(46)53(38-20-6-2-7-21-38)56-51-35-34-42(45-32-17-33-50(54(45)51)55(52)56)40-24-16-25-41(36-40)61-58-49-31-15-11-27-44(49)43-26-10-14-30-48(43)57(58)60-59(61)39-22-8-3-9-23-39/h1-36H. The van der Waals surface area contributed by atoms with Crippen LogP contribution in [-0.4, -0.2) is 9.55 Å². The van der Waals surface area contributed by atoms with Gasteiger partial charge in [-0.15, -0.1) is 0 Å². The Hall–Kier alpha value is -8.07. The average Bonchev–Trinajstić information content (AvgIpc) is 3.90. The van der Waals surface area contributed by atoms with E-state index in [2.05, 4.69) is 223 Å². The maximum atomic E-state index is 5.50. The van der Waals surface area contributed by atoms with Crippen molar-refractivity contribution in [1.82, 2.24) is 9.55 Å². The molecule has 0 saturated heterocycles. The number of hydrogen-bond donors (Lipinski definition) is 0. The second-order valence-electron chi connectivity index (χ2n) is 16.1. The molecular formula is C59H36N2. The summed E-state index contributed by atoms with van der Waals surface area (Å²) < 4.78 is 2.39. The third-order valence-electron chi connectivity index (χ3n) is 12.9. The molecule has 0 spiro atoms. The van der Waals surface area contributed by atoms with Crippen LogP contribution < -0.4 is 0 Å². The molecule has 13 rings (SSSR count). The van der Waals surface area contributed by atoms with Crippen molar-refractivity contribution >= 4 is 54.1 Å². The smallest absolute Gasteiger partial charge is 0.145 e. The van der Waals surface area contributed by atoms with Crippen molar-refractivity contribution < 1.29 is 0 Å². The lowest BCUT2D eigenvalue weighted by Gasteiger charge is -2.20. The molecule has 1 aromatic heterocycles. The van der Waals surface area contributed by atoms with Gasteiger partial charge in [-0.25, -0.2) is 4.98 Å². The summed E-state index contributed by atoms with van der Waals surface area (Å²) in [5.41, 5.74) is 16.9. The van der Waals surface area contributed by atoms with E-state index in [4.69, 9.17) is 4.98 Å². The molecule has 0 fully saturated rings. The Morgan fingerprint density at radius 2 is 0.754 bits per heavy atom. The monoisotopic (exact) mass is 772 g/mol. The van der Waals surface area contributed by atoms with Gasteiger partial charge in [0.15, 0.2) is 0 Å². The molecule has 2 nitrogen and oxygen atoms in total. The fraction of sp³-hybridized carbons (Fsp3) is 0. The molecule has 0 atom stereocenters. The summed E-state index contributed by atoms with van der Waals surface area (Å²) in [5.74, 6) is 0.930. The van der Waals surface area contributed by atoms with Crippen LogP contribution in [-0.2, 0) is 0 Å². The Balaban J connectivity index is 1.09. The number of aromatic nitrogens is 2. The highest BCUT2D eigenvalue weighted by Crippen LogP contribution is 2.58. The van der Waals surface area contributed by atoms with Gasteiger partial charge in [-0.05, 0) is 100 Å². The fourth-order valence-electron chi connectivity index (χ4n) is 10.4. The largest absolute Gasteiger partial charge is 0.292 e. The minimum absolute atomic E-state index is 0.930. The molecule has 1 heterocycles. The Morgan fingerprint density at radius 1 is 0.295 bits per heavy atom. The van der Waals surface area contributed by atoms with E-state index in [9.17, 15) is 0 Å². The summed E-state index contributed by atoms with van der Waals surface area (Å²) in [6, 6.07) is 79.7. The second kappa shape index (κ2) is 13.2. The summed E-state index contributed by atoms with van der Waals surface area (Å²) in [6.45, 7) is 0. The Kier molecular flexibility index (Phi) is 7.34. The Labute approximate surface area is 353 Å². The van der Waals surface area contributed by atoms with Crippen molar-refractivity contribution in [3.63, 3.8) is 0 Å². The predicted octanol–water partition coefficient (Wildman–Crippen LogP) is 16.0. The summed E-state index contributed by atoms with van der Waals surface area (Å²) in [6.07, 6.45) is 0. The van der Waals surface area contributed by atoms with Crippen molar-refractivity contribution in [3.05, 3.63) is 218 Å². The van der Waals surface area contributed by atoms with Crippen molar-refractivity contribution in [3.8, 4) is 72.7 Å². The molecule has 2 heteroatoms. The maximum Gasteiger partial charge on any atom is 0.145 e. The van der Waals surface area contributed by atoms with Crippen molar-refractivity contribution in [2.24, 2.45) is 0 Å². The SMILES string of the molecule is c1ccc(-c2c3c(c(-c4ccccc4)c4ccccc24)-c2ccc(-c4cccc(-n5c(-c6ccccc6)nc6c7ccccc7c7ccccc7c65)c4)c4cccc-3c24)cc1. The molecule has 1 aliphatic carbocycles. The molecule has 0 bridgehead atoms. The van der Waals surface area contributed by atoms with E-state index in [1.807, 2.05) is 0 Å². The lowest BCUT2D eigenvalue weighted by Crippen LogP contribution is -1.99. The average molecular weight is 773 g/mol. The van der Waals surface area contributed by atoms with Crippen molar-refractivity contribution in [2.45, 2.75) is 0 Å². The molecule has 1 aliphatic rings. The highest BCUT2D eigenvalue weighted by atomic mass is 15.1. The summed E-state index contributed by atoms with van der Waals surface area (Å²) in [7, 11) is 0. The molecule has 282 valence electrons. The number of fused-ring (bicyclic) bond motifs is 10. The second-order valence-corrected chi connectivity index (χ2v) is 16.1. The molecule has 0 radical (unpaired) electrons. The number of benzene rings is 11. The van der Waals surface area contributed by atoms with Crippen molar-refractivity contribution in [2.75, 3.05) is 0 Å². The van der Waals surface area contributed by atoms with Gasteiger partial charge in [-0.2, -0.15) is 0 Å². The van der Waals surface area contributed by atoms with Crippen LogP contribution in [0, 0.1) is 0 Å². The van der Waals surface area contributed by atoms with E-state index in [0.29, 0.717) is 0 Å².